The molecule has 4 N–H and O–H groups in total. The summed E-state index contributed by atoms with van der Waals surface area (Å²) < 4.78 is 0. The number of nitrogens with one attached hydrogen (secondary N) is 1. The Kier molecular flexibility index (Phi) is 9.21. The Labute approximate surface area is 208 Å². The lowest BCUT2D eigenvalue weighted by atomic mass is 9.87. The zero-order chi connectivity index (χ0) is 25.4. The van der Waals surface area contributed by atoms with Crippen LogP contribution < -0.4 is 11.1 Å². The van der Waals surface area contributed by atoms with Gasteiger partial charge in [0.25, 0.3) is 5.91 Å². The molecule has 0 aromatic heterocycles. The molecule has 5 nitrogen and oxygen atoms in total. The third-order valence-electron chi connectivity index (χ3n) is 6.41. The zero-order valence-corrected chi connectivity index (χ0v) is 20.8. The van der Waals surface area contributed by atoms with Gasteiger partial charge in [0.15, 0.2) is 0 Å². The van der Waals surface area contributed by atoms with Crippen LogP contribution in [-0.2, 0) is 17.6 Å². The van der Waals surface area contributed by atoms with Crippen molar-refractivity contribution in [1.29, 1.82) is 0 Å². The Hall–Kier alpha value is -3.44. The molecule has 35 heavy (non-hydrogen) atoms. The third-order valence-corrected chi connectivity index (χ3v) is 6.41. The molecule has 1 amide bonds. The van der Waals surface area contributed by atoms with Gasteiger partial charge in [0.2, 0.25) is 0 Å². The first-order valence-corrected chi connectivity index (χ1v) is 12.3. The van der Waals surface area contributed by atoms with E-state index in [1.54, 1.807) is 24.3 Å². The second kappa shape index (κ2) is 12.3. The fraction of sp³-hybridized carbons (Fsp3) is 0.333. The van der Waals surface area contributed by atoms with Gasteiger partial charge in [-0.3, -0.25) is 9.59 Å². The van der Waals surface area contributed by atoms with Crippen LogP contribution in [-0.4, -0.2) is 29.6 Å². The molecule has 0 spiro atoms. The van der Waals surface area contributed by atoms with Crippen LogP contribution in [0.15, 0.2) is 72.8 Å². The largest absolute Gasteiger partial charge is 0.480 e. The number of carbonyl (C=O) groups excluding carboxylic acids is 1. The summed E-state index contributed by atoms with van der Waals surface area (Å²) >= 11 is 0. The predicted octanol–water partition coefficient (Wildman–Crippen LogP) is 5.43. The highest BCUT2D eigenvalue weighted by Crippen LogP contribution is 2.28. The zero-order valence-electron chi connectivity index (χ0n) is 20.8. The van der Waals surface area contributed by atoms with Crippen LogP contribution in [0.1, 0.15) is 60.2 Å². The van der Waals surface area contributed by atoms with E-state index >= 15 is 0 Å². The summed E-state index contributed by atoms with van der Waals surface area (Å²) in [5, 5.41) is 12.0. The number of amides is 1. The number of aryl methyl sites for hydroxylation is 1. The molecule has 0 saturated carbocycles. The molecule has 0 bridgehead atoms. The van der Waals surface area contributed by atoms with E-state index in [-0.39, 0.29) is 18.2 Å². The van der Waals surface area contributed by atoms with Gasteiger partial charge < -0.3 is 16.2 Å². The first-order valence-electron chi connectivity index (χ1n) is 12.3. The lowest BCUT2D eigenvalue weighted by Crippen LogP contribution is -2.32. The molecule has 3 aromatic rings. The molecule has 2 atom stereocenters. The van der Waals surface area contributed by atoms with Crippen LogP contribution >= 0.6 is 0 Å². The summed E-state index contributed by atoms with van der Waals surface area (Å²) in [6, 6.07) is 23.4. The Morgan fingerprint density at radius 2 is 1.60 bits per heavy atom. The molecular weight excluding hydrogens is 436 g/mol. The topological polar surface area (TPSA) is 92.4 Å². The lowest BCUT2D eigenvalue weighted by Gasteiger charge is -2.22. The SMILES string of the molecule is CCCc1cccc(-c2ccc([C@H](CNC(=O)c3ccc(C[C@H](N)C(=O)O)cc3)C(C)C)cc2)c1. The summed E-state index contributed by atoms with van der Waals surface area (Å²) in [5.74, 6) is -0.639. The molecule has 5 heteroatoms. The van der Waals surface area contributed by atoms with E-state index in [1.165, 1.54) is 22.3 Å². The summed E-state index contributed by atoms with van der Waals surface area (Å²) in [5.41, 5.74) is 11.9. The minimum atomic E-state index is -1.04. The van der Waals surface area contributed by atoms with Gasteiger partial charge in [0.05, 0.1) is 0 Å². The highest BCUT2D eigenvalue weighted by Gasteiger charge is 2.18. The summed E-state index contributed by atoms with van der Waals surface area (Å²) in [4.78, 5) is 23.7. The van der Waals surface area contributed by atoms with E-state index in [2.05, 4.69) is 74.6 Å². The third kappa shape index (κ3) is 7.27. The first kappa shape index (κ1) is 26.2. The van der Waals surface area contributed by atoms with Crippen molar-refractivity contribution in [1.82, 2.24) is 5.32 Å². The van der Waals surface area contributed by atoms with Crippen molar-refractivity contribution in [2.75, 3.05) is 6.54 Å². The number of carbonyl (C=O) groups is 2. The Bertz CT molecular complexity index is 1120. The smallest absolute Gasteiger partial charge is 0.320 e. The van der Waals surface area contributed by atoms with Crippen molar-refractivity contribution in [3.05, 3.63) is 95.1 Å². The van der Waals surface area contributed by atoms with Gasteiger partial charge in [-0.2, -0.15) is 0 Å². The van der Waals surface area contributed by atoms with Crippen LogP contribution in [0.25, 0.3) is 11.1 Å². The number of carboxylic acid groups (broad SMARTS) is 1. The molecule has 0 aliphatic heterocycles. The van der Waals surface area contributed by atoms with E-state index in [1.807, 2.05) is 0 Å². The molecular formula is C30H36N2O3. The molecule has 184 valence electrons. The highest BCUT2D eigenvalue weighted by molar-refractivity contribution is 5.94. The van der Waals surface area contributed by atoms with Crippen LogP contribution in [0.5, 0.6) is 0 Å². The quantitative estimate of drug-likeness (QED) is 0.347. The van der Waals surface area contributed by atoms with E-state index < -0.39 is 12.0 Å². The van der Waals surface area contributed by atoms with Gasteiger partial charge in [0, 0.05) is 18.0 Å². The Morgan fingerprint density at radius 1 is 0.914 bits per heavy atom. The van der Waals surface area contributed by atoms with Gasteiger partial charge in [-0.25, -0.2) is 0 Å². The second-order valence-electron chi connectivity index (χ2n) is 9.48. The van der Waals surface area contributed by atoms with Crippen molar-refractivity contribution in [2.45, 2.75) is 52.0 Å². The normalized spacial score (nSPS) is 12.8. The number of aliphatic carboxylic acids is 1. The average molecular weight is 473 g/mol. The Balaban J connectivity index is 1.64. The van der Waals surface area contributed by atoms with Gasteiger partial charge >= 0.3 is 5.97 Å². The van der Waals surface area contributed by atoms with E-state index in [9.17, 15) is 9.59 Å². The molecule has 0 unspecified atom stereocenters. The standard InChI is InChI=1S/C30H36N2O3/c1-4-6-21-7-5-8-26(17-21)23-13-15-24(16-14-23)27(20(2)3)19-32-29(33)25-11-9-22(10-12-25)18-28(31)30(34)35/h5,7-17,20,27-28H,4,6,18-19,31H2,1-3H3,(H,32,33)(H,34,35)/t27-,28+/m1/s1. The molecule has 0 fully saturated rings. The maximum atomic E-state index is 12.7. The summed E-state index contributed by atoms with van der Waals surface area (Å²) in [7, 11) is 0. The van der Waals surface area contributed by atoms with Crippen molar-refractivity contribution >= 4 is 11.9 Å². The maximum absolute atomic E-state index is 12.7. The van der Waals surface area contributed by atoms with Crippen molar-refractivity contribution in [3.8, 4) is 11.1 Å². The van der Waals surface area contributed by atoms with Gasteiger partial charge in [-0.1, -0.05) is 87.9 Å². The van der Waals surface area contributed by atoms with Crippen LogP contribution in [0.2, 0.25) is 0 Å². The van der Waals surface area contributed by atoms with Gasteiger partial charge in [-0.15, -0.1) is 0 Å². The number of rotatable bonds is 11. The maximum Gasteiger partial charge on any atom is 0.320 e. The van der Waals surface area contributed by atoms with Crippen molar-refractivity contribution in [3.63, 3.8) is 0 Å². The van der Waals surface area contributed by atoms with Crippen LogP contribution in [0.4, 0.5) is 0 Å². The molecule has 0 heterocycles. The minimum Gasteiger partial charge on any atom is -0.480 e. The molecule has 3 aromatic carbocycles. The lowest BCUT2D eigenvalue weighted by molar-refractivity contribution is -0.138. The number of nitrogens with two attached hydrogens (primary N) is 1. The highest BCUT2D eigenvalue weighted by atomic mass is 16.4. The van der Waals surface area contributed by atoms with Gasteiger partial charge in [0.1, 0.15) is 6.04 Å². The van der Waals surface area contributed by atoms with Crippen molar-refractivity contribution < 1.29 is 14.7 Å². The van der Waals surface area contributed by atoms with E-state index in [4.69, 9.17) is 10.8 Å². The molecule has 0 aliphatic carbocycles. The molecule has 0 radical (unpaired) electrons. The van der Waals surface area contributed by atoms with E-state index in [0.717, 1.165) is 18.4 Å². The summed E-state index contributed by atoms with van der Waals surface area (Å²) in [6.07, 6.45) is 2.44. The second-order valence-corrected chi connectivity index (χ2v) is 9.48. The van der Waals surface area contributed by atoms with Crippen molar-refractivity contribution in [2.24, 2.45) is 11.7 Å². The fourth-order valence-electron chi connectivity index (χ4n) is 4.29. The first-order chi connectivity index (χ1) is 16.8. The van der Waals surface area contributed by atoms with Crippen LogP contribution in [0.3, 0.4) is 0 Å². The van der Waals surface area contributed by atoms with E-state index in [0.29, 0.717) is 18.0 Å². The van der Waals surface area contributed by atoms with Gasteiger partial charge in [-0.05, 0) is 58.7 Å². The van der Waals surface area contributed by atoms with Crippen LogP contribution in [0, 0.1) is 5.92 Å². The fourth-order valence-corrected chi connectivity index (χ4v) is 4.29. The minimum absolute atomic E-state index is 0.144. The number of benzene rings is 3. The number of carboxylic acids is 1. The number of hydrogen-bond donors (Lipinski definition) is 3. The number of hydrogen-bond acceptors (Lipinski definition) is 3. The molecule has 0 aliphatic rings. The monoisotopic (exact) mass is 472 g/mol. The Morgan fingerprint density at radius 3 is 2.20 bits per heavy atom. The average Bonchev–Trinajstić information content (AvgIpc) is 2.85. The summed E-state index contributed by atoms with van der Waals surface area (Å²) in [6.45, 7) is 7.06. The predicted molar refractivity (Wildman–Crippen MR) is 142 cm³/mol. The molecule has 3 rings (SSSR count). The molecule has 0 saturated heterocycles.